The van der Waals surface area contributed by atoms with Crippen molar-refractivity contribution in [2.75, 3.05) is 4.90 Å². The Morgan fingerprint density at radius 1 is 0.340 bits per heavy atom. The van der Waals surface area contributed by atoms with Gasteiger partial charge in [-0.1, -0.05) is 152 Å². The predicted molar refractivity (Wildman–Crippen MR) is 224 cm³/mol. The maximum absolute atomic E-state index is 6.82. The molecule has 53 heavy (non-hydrogen) atoms. The fraction of sp³-hybridized carbons (Fsp3) is 0. The number of hydrogen-bond donors (Lipinski definition) is 0. The van der Waals surface area contributed by atoms with Gasteiger partial charge in [-0.05, 0) is 113 Å². The summed E-state index contributed by atoms with van der Waals surface area (Å²) in [6, 6.07) is 73.3. The van der Waals surface area contributed by atoms with E-state index in [2.05, 4.69) is 205 Å². The molecule has 1 spiro atoms. The summed E-state index contributed by atoms with van der Waals surface area (Å²) >= 11 is 0. The lowest BCUT2D eigenvalue weighted by atomic mass is 10.0. The molecule has 3 heteroatoms. The number of benzene rings is 9. The predicted octanol–water partition coefficient (Wildman–Crippen LogP) is 10.6. The highest BCUT2D eigenvalue weighted by Crippen LogP contribution is 2.41. The first-order chi connectivity index (χ1) is 26.3. The minimum atomic E-state index is -2.76. The topological polar surface area (TPSA) is 12.5 Å². The van der Waals surface area contributed by atoms with E-state index in [4.69, 9.17) is 4.74 Å². The molecule has 0 amide bonds. The summed E-state index contributed by atoms with van der Waals surface area (Å²) in [6.07, 6.45) is 0. The Balaban J connectivity index is 1.16. The molecule has 0 N–H and O–H groups in total. The van der Waals surface area contributed by atoms with Gasteiger partial charge in [0.2, 0.25) is 0 Å². The van der Waals surface area contributed by atoms with Crippen molar-refractivity contribution in [2.24, 2.45) is 0 Å². The van der Waals surface area contributed by atoms with Gasteiger partial charge in [0.05, 0.1) is 0 Å². The van der Waals surface area contributed by atoms with Gasteiger partial charge in [-0.3, -0.25) is 0 Å². The van der Waals surface area contributed by atoms with E-state index in [1.165, 1.54) is 64.5 Å². The molecule has 0 saturated heterocycles. The fourth-order valence-electron chi connectivity index (χ4n) is 9.00. The van der Waals surface area contributed by atoms with Crippen LogP contribution < -0.4 is 30.4 Å². The summed E-state index contributed by atoms with van der Waals surface area (Å²) in [7, 11) is -2.76. The Bertz CT molecular complexity index is 2830. The van der Waals surface area contributed by atoms with E-state index in [9.17, 15) is 0 Å². The van der Waals surface area contributed by atoms with Crippen molar-refractivity contribution in [1.29, 1.82) is 0 Å². The van der Waals surface area contributed by atoms with Crippen molar-refractivity contribution < 1.29 is 4.74 Å². The molecule has 0 unspecified atom stereocenters. The molecule has 2 heterocycles. The van der Waals surface area contributed by atoms with Gasteiger partial charge in [-0.25, -0.2) is 0 Å². The number of ether oxygens (including phenoxy) is 1. The van der Waals surface area contributed by atoms with Crippen molar-refractivity contribution in [3.63, 3.8) is 0 Å². The van der Waals surface area contributed by atoms with Gasteiger partial charge in [0.15, 0.2) is 8.07 Å². The van der Waals surface area contributed by atoms with Crippen LogP contribution in [0.4, 0.5) is 17.1 Å². The quantitative estimate of drug-likeness (QED) is 0.135. The molecule has 0 fully saturated rings. The Morgan fingerprint density at radius 3 is 1.68 bits per heavy atom. The molecule has 0 bridgehead atoms. The third-order valence-electron chi connectivity index (χ3n) is 11.3. The van der Waals surface area contributed by atoms with Crippen LogP contribution in [0.5, 0.6) is 11.5 Å². The normalized spacial score (nSPS) is 13.2. The standard InChI is InChI=1S/C50H33NOSi/c1-2-12-34(13-3-1)35-24-26-38(27-25-35)51(39-28-30-42-37(32-39)23-22-36-14-4-5-15-41(36)42)40-29-31-46-50(33-40)53(49-21-11-8-18-45(49)52-46)47-19-9-6-16-43(47)44-17-7-10-20-48(44)53/h1-33H. The third kappa shape index (κ3) is 4.44. The number of hydrogen-bond acceptors (Lipinski definition) is 2. The van der Waals surface area contributed by atoms with E-state index in [-0.39, 0.29) is 0 Å². The molecule has 0 saturated carbocycles. The lowest BCUT2D eigenvalue weighted by Crippen LogP contribution is -2.74. The largest absolute Gasteiger partial charge is 0.458 e. The Hall–Kier alpha value is -6.68. The molecule has 0 aliphatic carbocycles. The minimum absolute atomic E-state index is 0.940. The minimum Gasteiger partial charge on any atom is -0.458 e. The Kier molecular flexibility index (Phi) is 6.61. The monoisotopic (exact) mass is 691 g/mol. The maximum Gasteiger partial charge on any atom is 0.189 e. The summed E-state index contributed by atoms with van der Waals surface area (Å²) in [5, 5.41) is 10.4. The Morgan fingerprint density at radius 2 is 0.887 bits per heavy atom. The van der Waals surface area contributed by atoms with Gasteiger partial charge >= 0.3 is 0 Å². The van der Waals surface area contributed by atoms with Crippen molar-refractivity contribution in [3.05, 3.63) is 200 Å². The molecule has 2 aliphatic rings. The molecular weight excluding hydrogens is 659 g/mol. The summed E-state index contributed by atoms with van der Waals surface area (Å²) in [4.78, 5) is 2.42. The smallest absolute Gasteiger partial charge is 0.189 e. The van der Waals surface area contributed by atoms with Gasteiger partial charge in [0, 0.05) is 17.1 Å². The van der Waals surface area contributed by atoms with E-state index >= 15 is 0 Å². The zero-order chi connectivity index (χ0) is 34.9. The second kappa shape index (κ2) is 11.7. The Labute approximate surface area is 309 Å². The van der Waals surface area contributed by atoms with E-state index in [1.807, 2.05) is 0 Å². The van der Waals surface area contributed by atoms with Crippen LogP contribution in [0.3, 0.4) is 0 Å². The highest BCUT2D eigenvalue weighted by molar-refractivity contribution is 7.23. The zero-order valence-corrected chi connectivity index (χ0v) is 29.9. The SMILES string of the molecule is c1ccc(-c2ccc(N(c3ccc4c(c3)[Si]3(c5ccccc5O4)c4ccccc4-c4ccccc43)c3ccc4c(ccc5ccccc54)c3)cc2)cc1. The van der Waals surface area contributed by atoms with Crippen LogP contribution in [-0.2, 0) is 0 Å². The summed E-state index contributed by atoms with van der Waals surface area (Å²) in [6.45, 7) is 0. The number of fused-ring (bicyclic) bond motifs is 12. The molecule has 0 atom stereocenters. The molecule has 2 aliphatic heterocycles. The molecular formula is C50H33NOSi. The van der Waals surface area contributed by atoms with Crippen LogP contribution in [0.2, 0.25) is 0 Å². The highest BCUT2D eigenvalue weighted by atomic mass is 28.3. The molecule has 248 valence electrons. The van der Waals surface area contributed by atoms with Crippen molar-refractivity contribution in [1.82, 2.24) is 0 Å². The number of rotatable bonds is 4. The van der Waals surface area contributed by atoms with Crippen LogP contribution in [0.15, 0.2) is 200 Å². The number of para-hydroxylation sites is 1. The molecule has 11 rings (SSSR count). The van der Waals surface area contributed by atoms with Crippen LogP contribution in [-0.4, -0.2) is 8.07 Å². The van der Waals surface area contributed by atoms with Gasteiger partial charge in [-0.2, -0.15) is 0 Å². The number of nitrogens with zero attached hydrogens (tertiary/aromatic N) is 1. The van der Waals surface area contributed by atoms with Gasteiger partial charge in [-0.15, -0.1) is 0 Å². The zero-order valence-electron chi connectivity index (χ0n) is 28.9. The first-order valence-electron chi connectivity index (χ1n) is 18.3. The van der Waals surface area contributed by atoms with Crippen molar-refractivity contribution in [3.8, 4) is 33.8 Å². The van der Waals surface area contributed by atoms with E-state index in [1.54, 1.807) is 0 Å². The lowest BCUT2D eigenvalue weighted by Gasteiger charge is -2.38. The molecule has 2 nitrogen and oxygen atoms in total. The summed E-state index contributed by atoms with van der Waals surface area (Å²) < 4.78 is 6.82. The van der Waals surface area contributed by atoms with Gasteiger partial charge in [0.25, 0.3) is 0 Å². The van der Waals surface area contributed by atoms with E-state index in [0.29, 0.717) is 0 Å². The van der Waals surface area contributed by atoms with Crippen molar-refractivity contribution in [2.45, 2.75) is 0 Å². The average Bonchev–Trinajstić information content (AvgIpc) is 3.52. The van der Waals surface area contributed by atoms with Gasteiger partial charge in [0.1, 0.15) is 11.5 Å². The van der Waals surface area contributed by atoms with E-state index in [0.717, 1.165) is 28.6 Å². The van der Waals surface area contributed by atoms with E-state index < -0.39 is 8.07 Å². The average molecular weight is 692 g/mol. The van der Waals surface area contributed by atoms with Crippen molar-refractivity contribution >= 4 is 67.4 Å². The molecule has 0 radical (unpaired) electrons. The molecule has 9 aromatic carbocycles. The maximum atomic E-state index is 6.82. The van der Waals surface area contributed by atoms with Gasteiger partial charge < -0.3 is 9.64 Å². The molecule has 0 aromatic heterocycles. The second-order valence-electron chi connectivity index (χ2n) is 14.1. The highest BCUT2D eigenvalue weighted by Gasteiger charge is 2.53. The molecule has 9 aromatic rings. The first kappa shape index (κ1) is 30.0. The summed E-state index contributed by atoms with van der Waals surface area (Å²) in [5.74, 6) is 1.90. The van der Waals surface area contributed by atoms with Crippen LogP contribution in [0.25, 0.3) is 43.8 Å². The lowest BCUT2D eigenvalue weighted by molar-refractivity contribution is 0.487. The second-order valence-corrected chi connectivity index (χ2v) is 17.7. The van der Waals surface area contributed by atoms with Crippen LogP contribution in [0.1, 0.15) is 0 Å². The summed E-state index contributed by atoms with van der Waals surface area (Å²) in [5.41, 5.74) is 8.38. The van der Waals surface area contributed by atoms with Crippen LogP contribution >= 0.6 is 0 Å². The first-order valence-corrected chi connectivity index (χ1v) is 20.3. The van der Waals surface area contributed by atoms with Crippen LogP contribution in [0, 0.1) is 0 Å². The number of anilines is 3. The third-order valence-corrected chi connectivity index (χ3v) is 16.2. The fourth-order valence-corrected chi connectivity index (χ4v) is 14.4.